The number of Topliss-reactive ketones (excluding diaryl/α,β-unsaturated/α-hetero) is 1. The first-order chi connectivity index (χ1) is 7.81. The fraction of sp³-hybridized carbons (Fsp3) is 0.167. The monoisotopic (exact) mass is 233 g/mol. The predicted molar refractivity (Wildman–Crippen MR) is 61.7 cm³/mol. The third-order valence-corrected chi connectivity index (χ3v) is 3.07. The van der Waals surface area contributed by atoms with Gasteiger partial charge >= 0.3 is 0 Å². The summed E-state index contributed by atoms with van der Waals surface area (Å²) in [6, 6.07) is 7.50. The zero-order chi connectivity index (χ0) is 11.4. The predicted octanol–water partition coefficient (Wildman–Crippen LogP) is 3.42. The molecule has 0 saturated heterocycles. The van der Waals surface area contributed by atoms with Gasteiger partial charge in [0.05, 0.1) is 6.20 Å². The smallest absolute Gasteiger partial charge is 0.260 e. The van der Waals surface area contributed by atoms with Crippen molar-refractivity contribution >= 4 is 17.5 Å². The molecule has 82 valence electrons. The van der Waals surface area contributed by atoms with Crippen LogP contribution in [0.25, 0.3) is 0 Å². The molecule has 1 aromatic carbocycles. The van der Waals surface area contributed by atoms with Crippen LogP contribution in [0, 0.1) is 0 Å². The zero-order valence-electron chi connectivity index (χ0n) is 8.84. The molecule has 4 heteroatoms. The van der Waals surface area contributed by atoms with Crippen molar-refractivity contribution in [1.82, 2.24) is 4.98 Å². The Labute approximate surface area is 97.9 Å². The largest absolute Gasteiger partial charge is 0.440 e. The highest BCUT2D eigenvalue weighted by molar-refractivity contribution is 7.99. The molecule has 0 unspecified atom stereocenters. The maximum atomic E-state index is 11.7. The Morgan fingerprint density at radius 3 is 2.94 bits per heavy atom. The van der Waals surface area contributed by atoms with Gasteiger partial charge in [0.1, 0.15) is 6.26 Å². The van der Waals surface area contributed by atoms with E-state index in [1.807, 2.05) is 31.2 Å². The van der Waals surface area contributed by atoms with Gasteiger partial charge < -0.3 is 4.42 Å². The van der Waals surface area contributed by atoms with Gasteiger partial charge in [-0.25, -0.2) is 4.98 Å². The summed E-state index contributed by atoms with van der Waals surface area (Å²) in [4.78, 5) is 16.6. The minimum atomic E-state index is 0.134. The number of oxazole rings is 1. The lowest BCUT2D eigenvalue weighted by atomic mass is 10.1. The molecular formula is C12H11NO2S. The molecule has 16 heavy (non-hydrogen) atoms. The summed E-state index contributed by atoms with van der Waals surface area (Å²) in [6.45, 7) is 1.86. The van der Waals surface area contributed by atoms with Crippen molar-refractivity contribution in [2.45, 2.75) is 23.5 Å². The SMILES string of the molecule is CCC(=O)c1ccccc1Sc1ncco1. The number of rotatable bonds is 4. The molecule has 3 nitrogen and oxygen atoms in total. The molecule has 0 bridgehead atoms. The topological polar surface area (TPSA) is 43.1 Å². The number of carbonyl (C=O) groups excluding carboxylic acids is 1. The van der Waals surface area contributed by atoms with Gasteiger partial charge in [-0.3, -0.25) is 4.79 Å². The van der Waals surface area contributed by atoms with Crippen LogP contribution in [0.3, 0.4) is 0 Å². The van der Waals surface area contributed by atoms with Crippen LogP contribution in [0.1, 0.15) is 23.7 Å². The van der Waals surface area contributed by atoms with Crippen molar-refractivity contribution in [1.29, 1.82) is 0 Å². The summed E-state index contributed by atoms with van der Waals surface area (Å²) >= 11 is 1.37. The fourth-order valence-corrected chi connectivity index (χ4v) is 2.18. The number of hydrogen-bond acceptors (Lipinski definition) is 4. The summed E-state index contributed by atoms with van der Waals surface area (Å²) in [5, 5.41) is 0.552. The Hall–Kier alpha value is -1.55. The average Bonchev–Trinajstić information content (AvgIpc) is 2.82. The highest BCUT2D eigenvalue weighted by Crippen LogP contribution is 2.29. The lowest BCUT2D eigenvalue weighted by molar-refractivity contribution is 0.0985. The molecule has 2 aromatic rings. The Balaban J connectivity index is 2.30. The molecular weight excluding hydrogens is 222 g/mol. The van der Waals surface area contributed by atoms with E-state index in [2.05, 4.69) is 4.98 Å². The quantitative estimate of drug-likeness (QED) is 0.759. The molecule has 0 aliphatic rings. The molecule has 0 aliphatic heterocycles. The van der Waals surface area contributed by atoms with Gasteiger partial charge in [-0.1, -0.05) is 25.1 Å². The lowest BCUT2D eigenvalue weighted by Gasteiger charge is -2.04. The van der Waals surface area contributed by atoms with Crippen LogP contribution >= 0.6 is 11.8 Å². The molecule has 1 aromatic heterocycles. The van der Waals surface area contributed by atoms with Crippen LogP contribution in [0.4, 0.5) is 0 Å². The third-order valence-electron chi connectivity index (χ3n) is 2.12. The average molecular weight is 233 g/mol. The van der Waals surface area contributed by atoms with E-state index in [1.54, 1.807) is 6.20 Å². The van der Waals surface area contributed by atoms with E-state index in [0.29, 0.717) is 11.6 Å². The van der Waals surface area contributed by atoms with Crippen molar-refractivity contribution in [3.8, 4) is 0 Å². The molecule has 0 N–H and O–H groups in total. The highest BCUT2D eigenvalue weighted by Gasteiger charge is 2.11. The van der Waals surface area contributed by atoms with E-state index in [-0.39, 0.29) is 5.78 Å². The van der Waals surface area contributed by atoms with Crippen LogP contribution in [0.2, 0.25) is 0 Å². The van der Waals surface area contributed by atoms with Crippen molar-refractivity contribution in [2.24, 2.45) is 0 Å². The molecule has 2 rings (SSSR count). The van der Waals surface area contributed by atoms with Gasteiger partial charge in [0.2, 0.25) is 0 Å². The van der Waals surface area contributed by atoms with Crippen LogP contribution in [-0.4, -0.2) is 10.8 Å². The lowest BCUT2D eigenvalue weighted by Crippen LogP contribution is -1.98. The third kappa shape index (κ3) is 2.33. The van der Waals surface area contributed by atoms with Gasteiger partial charge in [-0.2, -0.15) is 0 Å². The van der Waals surface area contributed by atoms with E-state index in [0.717, 1.165) is 10.5 Å². The summed E-state index contributed by atoms with van der Waals surface area (Å²) < 4.78 is 5.15. The molecule has 0 aliphatic carbocycles. The molecule has 1 heterocycles. The van der Waals surface area contributed by atoms with Crippen molar-refractivity contribution in [2.75, 3.05) is 0 Å². The van der Waals surface area contributed by atoms with E-state index in [9.17, 15) is 4.79 Å². The summed E-state index contributed by atoms with van der Waals surface area (Å²) in [5.74, 6) is 0.134. The Kier molecular flexibility index (Phi) is 3.41. The van der Waals surface area contributed by atoms with Crippen LogP contribution in [0.15, 0.2) is 51.3 Å². The minimum absolute atomic E-state index is 0.134. The van der Waals surface area contributed by atoms with E-state index >= 15 is 0 Å². The van der Waals surface area contributed by atoms with Gasteiger partial charge in [0, 0.05) is 16.9 Å². The zero-order valence-corrected chi connectivity index (χ0v) is 9.66. The molecule has 0 amide bonds. The van der Waals surface area contributed by atoms with Crippen molar-refractivity contribution in [3.63, 3.8) is 0 Å². The van der Waals surface area contributed by atoms with E-state index < -0.39 is 0 Å². The molecule has 0 radical (unpaired) electrons. The number of ketones is 1. The number of benzene rings is 1. The second-order valence-corrected chi connectivity index (χ2v) is 4.17. The van der Waals surface area contributed by atoms with Crippen LogP contribution in [-0.2, 0) is 0 Å². The van der Waals surface area contributed by atoms with E-state index in [1.165, 1.54) is 18.0 Å². The fourth-order valence-electron chi connectivity index (χ4n) is 1.33. The van der Waals surface area contributed by atoms with Gasteiger partial charge in [-0.05, 0) is 17.8 Å². The maximum Gasteiger partial charge on any atom is 0.260 e. The Bertz CT molecular complexity index is 480. The summed E-state index contributed by atoms with van der Waals surface area (Å²) in [6.07, 6.45) is 3.61. The number of nitrogens with zero attached hydrogens (tertiary/aromatic N) is 1. The van der Waals surface area contributed by atoms with E-state index in [4.69, 9.17) is 4.42 Å². The minimum Gasteiger partial charge on any atom is -0.440 e. The van der Waals surface area contributed by atoms with Crippen molar-refractivity contribution in [3.05, 3.63) is 42.3 Å². The number of hydrogen-bond donors (Lipinski definition) is 0. The molecule has 0 spiro atoms. The highest BCUT2D eigenvalue weighted by atomic mass is 32.2. The second kappa shape index (κ2) is 4.99. The molecule has 0 saturated carbocycles. The standard InChI is InChI=1S/C12H11NO2S/c1-2-10(14)9-5-3-4-6-11(9)16-12-13-7-8-15-12/h3-8H,2H2,1H3. The second-order valence-electron chi connectivity index (χ2n) is 3.17. The van der Waals surface area contributed by atoms with Gasteiger partial charge in [0.15, 0.2) is 5.78 Å². The normalized spacial score (nSPS) is 10.3. The first kappa shape index (κ1) is 11.0. The number of aromatic nitrogens is 1. The maximum absolute atomic E-state index is 11.7. The number of carbonyl (C=O) groups is 1. The van der Waals surface area contributed by atoms with Crippen molar-refractivity contribution < 1.29 is 9.21 Å². The Morgan fingerprint density at radius 1 is 1.44 bits per heavy atom. The van der Waals surface area contributed by atoms with Gasteiger partial charge in [0.25, 0.3) is 5.22 Å². The van der Waals surface area contributed by atoms with Crippen LogP contribution < -0.4 is 0 Å². The first-order valence-corrected chi connectivity index (χ1v) is 5.82. The first-order valence-electron chi connectivity index (χ1n) is 5.01. The van der Waals surface area contributed by atoms with Gasteiger partial charge in [-0.15, -0.1) is 0 Å². The van der Waals surface area contributed by atoms with Crippen LogP contribution in [0.5, 0.6) is 0 Å². The summed E-state index contributed by atoms with van der Waals surface area (Å²) in [7, 11) is 0. The summed E-state index contributed by atoms with van der Waals surface area (Å²) in [5.41, 5.74) is 0.730. The molecule has 0 fully saturated rings. The molecule has 0 atom stereocenters. The Morgan fingerprint density at radius 2 is 2.25 bits per heavy atom.